The Morgan fingerprint density at radius 1 is 1.21 bits per heavy atom. The number of hydrogen-bond donors (Lipinski definition) is 1. The van der Waals surface area contributed by atoms with Crippen molar-refractivity contribution in [1.29, 1.82) is 0 Å². The summed E-state index contributed by atoms with van der Waals surface area (Å²) in [6, 6.07) is 4.94. The number of amides is 1. The highest BCUT2D eigenvalue weighted by Crippen LogP contribution is 2.27. The van der Waals surface area contributed by atoms with Crippen LogP contribution in [0, 0.1) is 0 Å². The topological polar surface area (TPSA) is 76.5 Å². The monoisotopic (exact) mass is 417 g/mol. The quantitative estimate of drug-likeness (QED) is 0.814. The molecule has 1 aromatic carbocycles. The van der Waals surface area contributed by atoms with Gasteiger partial charge in [0, 0.05) is 55.6 Å². The summed E-state index contributed by atoms with van der Waals surface area (Å²) in [6.07, 6.45) is 4.31. The van der Waals surface area contributed by atoms with E-state index in [0.29, 0.717) is 35.1 Å². The van der Waals surface area contributed by atoms with E-state index in [9.17, 15) is 4.79 Å². The van der Waals surface area contributed by atoms with Crippen LogP contribution in [0.1, 0.15) is 34.6 Å². The molecule has 146 valence electrons. The van der Waals surface area contributed by atoms with Gasteiger partial charge in [-0.1, -0.05) is 23.2 Å². The number of aliphatic imine (C=N–C) groups is 1. The molecule has 0 fully saturated rings. The number of imidazole rings is 1. The molecule has 1 aromatic heterocycles. The van der Waals surface area contributed by atoms with E-state index in [2.05, 4.69) is 4.98 Å². The molecule has 0 bridgehead atoms. The van der Waals surface area contributed by atoms with Crippen molar-refractivity contribution < 1.29 is 4.79 Å². The molecule has 0 unspecified atom stereocenters. The van der Waals surface area contributed by atoms with Crippen LogP contribution in [0.5, 0.6) is 0 Å². The number of carbonyl (C=O) groups is 1. The van der Waals surface area contributed by atoms with Crippen molar-refractivity contribution in [3.8, 4) is 0 Å². The van der Waals surface area contributed by atoms with Crippen LogP contribution >= 0.6 is 23.2 Å². The second kappa shape index (κ2) is 7.60. The number of halogens is 2. The summed E-state index contributed by atoms with van der Waals surface area (Å²) in [5.74, 6) is -0.0981. The third-order valence-corrected chi connectivity index (χ3v) is 5.99. The Bertz CT molecular complexity index is 1010. The molecule has 2 N–H and O–H groups in total. The number of benzene rings is 1. The number of aryl methyl sites for hydroxylation is 1. The molecule has 4 rings (SSSR count). The smallest absolute Gasteiger partial charge is 0.254 e. The summed E-state index contributed by atoms with van der Waals surface area (Å²) >= 11 is 12.1. The largest absolute Gasteiger partial charge is 0.402 e. The van der Waals surface area contributed by atoms with Gasteiger partial charge < -0.3 is 15.2 Å². The van der Waals surface area contributed by atoms with E-state index in [1.807, 2.05) is 17.9 Å². The fourth-order valence-electron chi connectivity index (χ4n) is 3.69. The summed E-state index contributed by atoms with van der Waals surface area (Å²) in [5.41, 5.74) is 11.4. The third kappa shape index (κ3) is 3.42. The number of nitrogens with zero attached hydrogens (tertiary/aromatic N) is 4. The fourth-order valence-corrected chi connectivity index (χ4v) is 3.99. The number of nitrogens with two attached hydrogens (primary N) is 1. The van der Waals surface area contributed by atoms with Gasteiger partial charge in [0.1, 0.15) is 5.69 Å². The molecular formula is C20H21Cl2N5O. The van der Waals surface area contributed by atoms with Crippen LogP contribution < -0.4 is 5.73 Å². The standard InChI is InChI=1S/C20H21Cl2N5O/c1-26-11-25-19-17(26)3-2-7-24-18(19)13-10-27(8-6-16(13)23)20(28)12-4-5-14(21)15(22)9-12/h4-5,9,11H,2-3,6-8,10,23H2,1H3. The zero-order valence-corrected chi connectivity index (χ0v) is 17.1. The Kier molecular flexibility index (Phi) is 5.17. The lowest BCUT2D eigenvalue weighted by Crippen LogP contribution is -2.40. The van der Waals surface area contributed by atoms with Crippen LogP contribution in [0.15, 0.2) is 40.8 Å². The molecule has 0 saturated carbocycles. The van der Waals surface area contributed by atoms with Crippen LogP contribution in [0.2, 0.25) is 10.0 Å². The predicted molar refractivity (Wildman–Crippen MR) is 111 cm³/mol. The molecule has 2 aliphatic heterocycles. The van der Waals surface area contributed by atoms with Gasteiger partial charge in [-0.2, -0.15) is 0 Å². The average molecular weight is 418 g/mol. The van der Waals surface area contributed by atoms with Gasteiger partial charge in [0.2, 0.25) is 0 Å². The third-order valence-electron chi connectivity index (χ3n) is 5.25. The summed E-state index contributed by atoms with van der Waals surface area (Å²) in [5, 5.41) is 0.795. The van der Waals surface area contributed by atoms with Crippen LogP contribution in [-0.4, -0.2) is 45.7 Å². The number of carbonyl (C=O) groups excluding carboxylic acids is 1. The first kappa shape index (κ1) is 19.0. The van der Waals surface area contributed by atoms with Gasteiger partial charge in [0.05, 0.1) is 22.1 Å². The van der Waals surface area contributed by atoms with Gasteiger partial charge in [0.15, 0.2) is 0 Å². The highest BCUT2D eigenvalue weighted by Gasteiger charge is 2.29. The van der Waals surface area contributed by atoms with Crippen LogP contribution in [0.3, 0.4) is 0 Å². The van der Waals surface area contributed by atoms with Crippen molar-refractivity contribution in [2.45, 2.75) is 19.3 Å². The number of rotatable bonds is 2. The van der Waals surface area contributed by atoms with Crippen molar-refractivity contribution in [3.63, 3.8) is 0 Å². The Morgan fingerprint density at radius 3 is 2.82 bits per heavy atom. The number of aromatic nitrogens is 2. The first-order valence-electron chi connectivity index (χ1n) is 9.23. The fraction of sp³-hybridized carbons (Fsp3) is 0.350. The maximum Gasteiger partial charge on any atom is 0.254 e. The van der Waals surface area contributed by atoms with E-state index >= 15 is 0 Å². The molecule has 28 heavy (non-hydrogen) atoms. The van der Waals surface area contributed by atoms with E-state index in [-0.39, 0.29) is 5.91 Å². The van der Waals surface area contributed by atoms with Crippen molar-refractivity contribution in [3.05, 3.63) is 62.8 Å². The summed E-state index contributed by atoms with van der Waals surface area (Å²) in [6.45, 7) is 1.68. The summed E-state index contributed by atoms with van der Waals surface area (Å²) in [4.78, 5) is 24.1. The van der Waals surface area contributed by atoms with Crippen molar-refractivity contribution in [2.75, 3.05) is 19.6 Å². The molecule has 3 heterocycles. The molecule has 2 aliphatic rings. The maximum atomic E-state index is 13.0. The first-order chi connectivity index (χ1) is 13.5. The first-order valence-corrected chi connectivity index (χ1v) is 9.98. The van der Waals surface area contributed by atoms with Crippen molar-refractivity contribution >= 4 is 34.8 Å². The van der Waals surface area contributed by atoms with Gasteiger partial charge >= 0.3 is 0 Å². The van der Waals surface area contributed by atoms with Crippen LogP contribution in [-0.2, 0) is 13.5 Å². The summed E-state index contributed by atoms with van der Waals surface area (Å²) < 4.78 is 2.04. The van der Waals surface area contributed by atoms with E-state index in [1.54, 1.807) is 23.1 Å². The lowest BCUT2D eigenvalue weighted by molar-refractivity contribution is 0.0766. The minimum Gasteiger partial charge on any atom is -0.402 e. The number of hydrogen-bond acceptors (Lipinski definition) is 4. The van der Waals surface area contributed by atoms with Gasteiger partial charge in [-0.15, -0.1) is 0 Å². The van der Waals surface area contributed by atoms with E-state index < -0.39 is 0 Å². The maximum absolute atomic E-state index is 13.0. The minimum atomic E-state index is -0.0981. The van der Waals surface area contributed by atoms with Crippen LogP contribution in [0.4, 0.5) is 0 Å². The zero-order chi connectivity index (χ0) is 19.8. The number of fused-ring (bicyclic) bond motifs is 1. The zero-order valence-electron chi connectivity index (χ0n) is 15.6. The van der Waals surface area contributed by atoms with E-state index in [4.69, 9.17) is 33.9 Å². The predicted octanol–water partition coefficient (Wildman–Crippen LogP) is 3.22. The van der Waals surface area contributed by atoms with Crippen molar-refractivity contribution in [2.24, 2.45) is 17.8 Å². The van der Waals surface area contributed by atoms with Crippen LogP contribution in [0.25, 0.3) is 0 Å². The summed E-state index contributed by atoms with van der Waals surface area (Å²) in [7, 11) is 1.99. The normalized spacial score (nSPS) is 17.2. The molecular weight excluding hydrogens is 397 g/mol. The highest BCUT2D eigenvalue weighted by molar-refractivity contribution is 6.42. The SMILES string of the molecule is Cn1cnc2c1CCCN=C2C1=C(N)CCN(C(=O)c2ccc(Cl)c(Cl)c2)C1. The van der Waals surface area contributed by atoms with E-state index in [0.717, 1.165) is 47.8 Å². The molecule has 2 aromatic rings. The molecule has 0 atom stereocenters. The van der Waals surface area contributed by atoms with Gasteiger partial charge in [0.25, 0.3) is 5.91 Å². The highest BCUT2D eigenvalue weighted by atomic mass is 35.5. The van der Waals surface area contributed by atoms with Gasteiger partial charge in [-0.05, 0) is 31.0 Å². The second-order valence-corrected chi connectivity index (χ2v) is 7.91. The van der Waals surface area contributed by atoms with E-state index in [1.165, 1.54) is 0 Å². The Morgan fingerprint density at radius 2 is 2.04 bits per heavy atom. The Hall–Kier alpha value is -2.31. The minimum absolute atomic E-state index is 0.0981. The second-order valence-electron chi connectivity index (χ2n) is 7.09. The van der Waals surface area contributed by atoms with Crippen molar-refractivity contribution in [1.82, 2.24) is 14.5 Å². The Balaban J connectivity index is 1.65. The lowest BCUT2D eigenvalue weighted by Gasteiger charge is -2.30. The molecule has 0 aliphatic carbocycles. The molecule has 1 amide bonds. The van der Waals surface area contributed by atoms with Gasteiger partial charge in [-0.3, -0.25) is 9.79 Å². The molecule has 0 spiro atoms. The van der Waals surface area contributed by atoms with Gasteiger partial charge in [-0.25, -0.2) is 4.98 Å². The lowest BCUT2D eigenvalue weighted by atomic mass is 9.97. The Labute approximate surface area is 173 Å². The average Bonchev–Trinajstić information content (AvgIpc) is 2.92. The molecule has 0 radical (unpaired) electrons. The molecule has 0 saturated heterocycles. The molecule has 8 heteroatoms. The molecule has 6 nitrogen and oxygen atoms in total.